The predicted octanol–water partition coefficient (Wildman–Crippen LogP) is 2.65. The number of hydrogen-bond acceptors (Lipinski definition) is 3. The van der Waals surface area contributed by atoms with E-state index in [0.29, 0.717) is 19.7 Å². The van der Waals surface area contributed by atoms with Crippen molar-refractivity contribution in [2.24, 2.45) is 10.7 Å². The van der Waals surface area contributed by atoms with Crippen LogP contribution in [-0.2, 0) is 11.2 Å². The third-order valence-corrected chi connectivity index (χ3v) is 4.04. The molecule has 0 unspecified atom stereocenters. The molecule has 3 N–H and O–H groups in total. The SMILES string of the molecule is CCOC(=O)N1CCC(NC(N)=NCCc2cc(F)ccc2F)CC1.I. The van der Waals surface area contributed by atoms with Gasteiger partial charge in [0.05, 0.1) is 6.61 Å². The Bertz CT molecular complexity index is 623. The second-order valence-electron chi connectivity index (χ2n) is 5.86. The Morgan fingerprint density at radius 2 is 2.08 bits per heavy atom. The highest BCUT2D eigenvalue weighted by Crippen LogP contribution is 2.12. The lowest BCUT2D eigenvalue weighted by Crippen LogP contribution is -2.48. The average molecular weight is 482 g/mol. The van der Waals surface area contributed by atoms with Gasteiger partial charge in [-0.1, -0.05) is 0 Å². The number of aliphatic imine (C=N–C) groups is 1. The van der Waals surface area contributed by atoms with Crippen LogP contribution in [0.4, 0.5) is 13.6 Å². The topological polar surface area (TPSA) is 80.0 Å². The number of likely N-dealkylation sites (tertiary alicyclic amines) is 1. The number of nitrogens with zero attached hydrogens (tertiary/aromatic N) is 2. The molecule has 0 atom stereocenters. The zero-order valence-electron chi connectivity index (χ0n) is 14.7. The lowest BCUT2D eigenvalue weighted by atomic mass is 10.1. The fourth-order valence-corrected chi connectivity index (χ4v) is 2.71. The second kappa shape index (κ2) is 11.1. The Morgan fingerprint density at radius 1 is 1.38 bits per heavy atom. The fraction of sp³-hybridized carbons (Fsp3) is 0.529. The van der Waals surface area contributed by atoms with Crippen LogP contribution in [0.1, 0.15) is 25.3 Å². The van der Waals surface area contributed by atoms with Crippen molar-refractivity contribution in [3.05, 3.63) is 35.4 Å². The van der Waals surface area contributed by atoms with Crippen LogP contribution in [0.25, 0.3) is 0 Å². The molecule has 1 heterocycles. The van der Waals surface area contributed by atoms with Gasteiger partial charge in [0.15, 0.2) is 5.96 Å². The van der Waals surface area contributed by atoms with Gasteiger partial charge in [0, 0.05) is 25.7 Å². The zero-order valence-corrected chi connectivity index (χ0v) is 17.0. The maximum absolute atomic E-state index is 13.5. The van der Waals surface area contributed by atoms with Crippen LogP contribution in [0.15, 0.2) is 23.2 Å². The summed E-state index contributed by atoms with van der Waals surface area (Å²) in [5, 5.41) is 3.10. The summed E-state index contributed by atoms with van der Waals surface area (Å²) in [6.07, 6.45) is 1.47. The Kier molecular flexibility index (Phi) is 9.60. The number of carbonyl (C=O) groups excluding carboxylic acids is 1. The number of hydrogen-bond donors (Lipinski definition) is 2. The van der Waals surface area contributed by atoms with Gasteiger partial charge in [-0.05, 0) is 49.9 Å². The molecule has 0 aliphatic carbocycles. The van der Waals surface area contributed by atoms with Gasteiger partial charge < -0.3 is 20.7 Å². The first-order chi connectivity index (χ1) is 12.0. The third kappa shape index (κ3) is 6.93. The maximum atomic E-state index is 13.5. The first-order valence-electron chi connectivity index (χ1n) is 8.41. The van der Waals surface area contributed by atoms with E-state index in [1.165, 1.54) is 6.07 Å². The normalized spacial score (nSPS) is 15.3. The molecular weight excluding hydrogens is 457 g/mol. The number of ether oxygens (including phenoxy) is 1. The first kappa shape index (κ1) is 22.4. The molecule has 146 valence electrons. The second-order valence-corrected chi connectivity index (χ2v) is 5.86. The van der Waals surface area contributed by atoms with Crippen molar-refractivity contribution >= 4 is 36.0 Å². The van der Waals surface area contributed by atoms with Crippen molar-refractivity contribution in [2.75, 3.05) is 26.2 Å². The Labute approximate surface area is 169 Å². The fourth-order valence-electron chi connectivity index (χ4n) is 2.71. The molecule has 0 aromatic heterocycles. The molecule has 6 nitrogen and oxygen atoms in total. The van der Waals surface area contributed by atoms with Crippen LogP contribution in [0.5, 0.6) is 0 Å². The Morgan fingerprint density at radius 3 is 2.73 bits per heavy atom. The summed E-state index contributed by atoms with van der Waals surface area (Å²) in [5.74, 6) is -0.652. The maximum Gasteiger partial charge on any atom is 0.409 e. The number of piperidine rings is 1. The molecule has 0 bridgehead atoms. The minimum atomic E-state index is -0.472. The van der Waals surface area contributed by atoms with Crippen LogP contribution in [0, 0.1) is 11.6 Å². The standard InChI is InChI=1S/C17H24F2N4O2.HI/c1-2-25-17(24)23-9-6-14(7-10-23)22-16(20)21-8-5-12-11-13(18)3-4-15(12)19;/h3-4,11,14H,2,5-10H2,1H3,(H3,20,21,22);1H. The smallest absolute Gasteiger partial charge is 0.409 e. The molecule has 0 spiro atoms. The monoisotopic (exact) mass is 482 g/mol. The van der Waals surface area contributed by atoms with Gasteiger partial charge in [0.1, 0.15) is 11.6 Å². The van der Waals surface area contributed by atoms with Crippen LogP contribution >= 0.6 is 24.0 Å². The van der Waals surface area contributed by atoms with E-state index in [9.17, 15) is 13.6 Å². The molecule has 1 aliphatic rings. The summed E-state index contributed by atoms with van der Waals surface area (Å²) in [7, 11) is 0. The first-order valence-corrected chi connectivity index (χ1v) is 8.41. The largest absolute Gasteiger partial charge is 0.450 e. The minimum Gasteiger partial charge on any atom is -0.450 e. The molecule has 1 aromatic rings. The van der Waals surface area contributed by atoms with E-state index in [2.05, 4.69) is 10.3 Å². The number of carbonyl (C=O) groups is 1. The number of rotatable bonds is 5. The van der Waals surface area contributed by atoms with Gasteiger partial charge in [-0.25, -0.2) is 13.6 Å². The summed E-state index contributed by atoms with van der Waals surface area (Å²) in [5.41, 5.74) is 6.12. The Hall–Kier alpha value is -1.65. The molecule has 1 saturated heterocycles. The summed E-state index contributed by atoms with van der Waals surface area (Å²) in [6, 6.07) is 3.48. The molecule has 1 aromatic carbocycles. The highest BCUT2D eigenvalue weighted by Gasteiger charge is 2.23. The quantitative estimate of drug-likeness (QED) is 0.385. The lowest BCUT2D eigenvalue weighted by molar-refractivity contribution is 0.0963. The number of nitrogens with two attached hydrogens (primary N) is 1. The van der Waals surface area contributed by atoms with E-state index in [-0.39, 0.29) is 60.6 Å². The van der Waals surface area contributed by atoms with Crippen molar-refractivity contribution in [1.29, 1.82) is 0 Å². The van der Waals surface area contributed by atoms with Crippen LogP contribution < -0.4 is 11.1 Å². The van der Waals surface area contributed by atoms with E-state index in [1.807, 2.05) is 0 Å². The molecule has 0 radical (unpaired) electrons. The highest BCUT2D eigenvalue weighted by molar-refractivity contribution is 14.0. The molecule has 1 amide bonds. The van der Waals surface area contributed by atoms with Gasteiger partial charge in [0.25, 0.3) is 0 Å². The number of amides is 1. The van der Waals surface area contributed by atoms with Crippen LogP contribution in [0.3, 0.4) is 0 Å². The summed E-state index contributed by atoms with van der Waals surface area (Å²) >= 11 is 0. The van der Waals surface area contributed by atoms with E-state index < -0.39 is 11.6 Å². The molecule has 9 heteroatoms. The van der Waals surface area contributed by atoms with Crippen molar-refractivity contribution in [3.8, 4) is 0 Å². The molecule has 1 fully saturated rings. The zero-order chi connectivity index (χ0) is 18.2. The minimum absolute atomic E-state index is 0. The van der Waals surface area contributed by atoms with Crippen LogP contribution in [0.2, 0.25) is 0 Å². The Balaban J connectivity index is 0.00000338. The number of nitrogens with one attached hydrogen (secondary N) is 1. The average Bonchev–Trinajstić information content (AvgIpc) is 2.59. The molecule has 26 heavy (non-hydrogen) atoms. The van der Waals surface area contributed by atoms with E-state index in [0.717, 1.165) is 25.0 Å². The number of guanidine groups is 1. The molecular formula is C17H25F2IN4O2. The van der Waals surface area contributed by atoms with Gasteiger partial charge in [0.2, 0.25) is 0 Å². The summed E-state index contributed by atoms with van der Waals surface area (Å²) in [6.45, 7) is 3.60. The summed E-state index contributed by atoms with van der Waals surface area (Å²) in [4.78, 5) is 17.5. The van der Waals surface area contributed by atoms with Crippen molar-refractivity contribution in [2.45, 2.75) is 32.2 Å². The molecule has 2 rings (SSSR count). The predicted molar refractivity (Wildman–Crippen MR) is 107 cm³/mol. The number of benzene rings is 1. The van der Waals surface area contributed by atoms with Crippen molar-refractivity contribution < 1.29 is 18.3 Å². The van der Waals surface area contributed by atoms with E-state index in [1.54, 1.807) is 11.8 Å². The van der Waals surface area contributed by atoms with Gasteiger partial charge >= 0.3 is 6.09 Å². The summed E-state index contributed by atoms with van der Waals surface area (Å²) < 4.78 is 31.6. The van der Waals surface area contributed by atoms with E-state index in [4.69, 9.17) is 10.5 Å². The molecule has 0 saturated carbocycles. The van der Waals surface area contributed by atoms with Gasteiger partial charge in [-0.2, -0.15) is 0 Å². The van der Waals surface area contributed by atoms with Gasteiger partial charge in [-0.15, -0.1) is 24.0 Å². The molecule has 1 aliphatic heterocycles. The lowest BCUT2D eigenvalue weighted by Gasteiger charge is -2.31. The van der Waals surface area contributed by atoms with E-state index >= 15 is 0 Å². The highest BCUT2D eigenvalue weighted by atomic mass is 127. The van der Waals surface area contributed by atoms with Crippen molar-refractivity contribution in [1.82, 2.24) is 10.2 Å². The number of halogens is 3. The third-order valence-electron chi connectivity index (χ3n) is 4.04. The van der Waals surface area contributed by atoms with Gasteiger partial charge in [-0.3, -0.25) is 4.99 Å². The van der Waals surface area contributed by atoms with Crippen molar-refractivity contribution in [3.63, 3.8) is 0 Å². The van der Waals surface area contributed by atoms with Crippen LogP contribution in [-0.4, -0.2) is 49.2 Å².